The van der Waals surface area contributed by atoms with E-state index in [4.69, 9.17) is 0 Å². The molecule has 2 aromatic rings. The molecule has 4 rings (SSSR count). The number of aromatic amines is 1. The number of hydrogen-bond acceptors (Lipinski definition) is 7. The van der Waals surface area contributed by atoms with Crippen molar-refractivity contribution in [1.29, 1.82) is 0 Å². The van der Waals surface area contributed by atoms with Crippen molar-refractivity contribution >= 4 is 11.9 Å². The van der Waals surface area contributed by atoms with Crippen LogP contribution < -0.4 is 10.5 Å². The summed E-state index contributed by atoms with van der Waals surface area (Å²) < 4.78 is 77.4. The smallest absolute Gasteiger partial charge is 0.339 e. The molecule has 1 N–H and O–H groups in total. The van der Waals surface area contributed by atoms with E-state index >= 15 is 0 Å². The minimum atomic E-state index is -4.82. The Morgan fingerprint density at radius 3 is 2.08 bits per heavy atom. The van der Waals surface area contributed by atoms with Gasteiger partial charge in [0.1, 0.15) is 5.56 Å². The first-order chi connectivity index (χ1) is 16.7. The molecule has 1 amide bonds. The van der Waals surface area contributed by atoms with Crippen molar-refractivity contribution in [1.82, 2.24) is 30.0 Å². The number of rotatable bonds is 4. The summed E-state index contributed by atoms with van der Waals surface area (Å²) in [5.41, 5.74) is -4.52. The highest BCUT2D eigenvalue weighted by Gasteiger charge is 2.45. The number of amides is 1. The number of halogens is 6. The van der Waals surface area contributed by atoms with E-state index in [1.54, 1.807) is 23.6 Å². The number of carbonyl (C=O) groups is 1. The van der Waals surface area contributed by atoms with Crippen LogP contribution in [-0.2, 0) is 22.7 Å². The highest BCUT2D eigenvalue weighted by molar-refractivity contribution is 5.80. The lowest BCUT2D eigenvalue weighted by molar-refractivity contribution is -0.145. The van der Waals surface area contributed by atoms with Crippen molar-refractivity contribution in [2.75, 3.05) is 44.2 Å². The fourth-order valence-electron chi connectivity index (χ4n) is 4.20. The average Bonchev–Trinajstić information content (AvgIpc) is 2.77. The molecule has 0 aliphatic carbocycles. The molecule has 36 heavy (non-hydrogen) atoms. The lowest BCUT2D eigenvalue weighted by Crippen LogP contribution is -2.62. The first kappa shape index (κ1) is 25.9. The Bertz CT molecular complexity index is 1170. The Morgan fingerprint density at radius 2 is 1.56 bits per heavy atom. The van der Waals surface area contributed by atoms with Crippen LogP contribution in [0.3, 0.4) is 0 Å². The van der Waals surface area contributed by atoms with Gasteiger partial charge in [-0.15, -0.1) is 0 Å². The molecule has 2 aliphatic heterocycles. The van der Waals surface area contributed by atoms with Gasteiger partial charge in [-0.25, -0.2) is 15.1 Å². The molecule has 0 unspecified atom stereocenters. The molecule has 4 heterocycles. The summed E-state index contributed by atoms with van der Waals surface area (Å²) in [6.07, 6.45) is -7.90. The van der Waals surface area contributed by atoms with Gasteiger partial charge in [0, 0.05) is 51.7 Å². The Hall–Kier alpha value is -3.23. The summed E-state index contributed by atoms with van der Waals surface area (Å²) in [6.45, 7) is 5.29. The molecule has 2 aliphatic rings. The molecule has 0 saturated carbocycles. The number of nitrogens with zero attached hydrogens (tertiary/aromatic N) is 6. The third kappa shape index (κ3) is 5.01. The molecule has 0 atom stereocenters. The Balaban J connectivity index is 1.33. The van der Waals surface area contributed by atoms with Crippen LogP contribution in [0.2, 0.25) is 0 Å². The number of aromatic nitrogens is 4. The van der Waals surface area contributed by atoms with E-state index in [0.717, 1.165) is 18.5 Å². The maximum Gasteiger partial charge on any atom is 0.421 e. The second kappa shape index (κ2) is 9.01. The van der Waals surface area contributed by atoms with Crippen LogP contribution in [0.5, 0.6) is 0 Å². The number of H-pyrrole nitrogens is 1. The highest BCUT2D eigenvalue weighted by atomic mass is 19.4. The molecular formula is C21H23F6N7O2. The van der Waals surface area contributed by atoms with E-state index in [1.807, 2.05) is 10.00 Å². The fourth-order valence-corrected chi connectivity index (χ4v) is 4.20. The van der Waals surface area contributed by atoms with Crippen molar-refractivity contribution in [2.45, 2.75) is 31.7 Å². The number of carbonyl (C=O) groups excluding carboxylic acids is 1. The van der Waals surface area contributed by atoms with Crippen LogP contribution in [0.4, 0.5) is 32.3 Å². The SMILES string of the molecule is CC(C)(c1cc(C(F)(F)F)c(=O)[nH]n1)N1CC(C(=O)N2CCN(c3ncc(C(F)(F)F)cn3)CC2)C1. The summed E-state index contributed by atoms with van der Waals surface area (Å²) in [6, 6.07) is 0.733. The van der Waals surface area contributed by atoms with Gasteiger partial charge in [0.05, 0.1) is 22.7 Å². The minimum Gasteiger partial charge on any atom is -0.339 e. The molecule has 0 aromatic carbocycles. The van der Waals surface area contributed by atoms with Gasteiger partial charge in [0.25, 0.3) is 5.56 Å². The molecule has 0 bridgehead atoms. The zero-order valence-electron chi connectivity index (χ0n) is 19.3. The number of anilines is 1. The molecule has 2 aromatic heterocycles. The molecule has 196 valence electrons. The zero-order valence-corrected chi connectivity index (χ0v) is 19.3. The van der Waals surface area contributed by atoms with Gasteiger partial charge in [-0.2, -0.15) is 31.4 Å². The summed E-state index contributed by atoms with van der Waals surface area (Å²) in [7, 11) is 0. The van der Waals surface area contributed by atoms with Gasteiger partial charge in [-0.05, 0) is 19.9 Å². The van der Waals surface area contributed by atoms with Crippen LogP contribution in [-0.4, -0.2) is 75.1 Å². The summed E-state index contributed by atoms with van der Waals surface area (Å²) in [5.74, 6) is -0.318. The second-order valence-electron chi connectivity index (χ2n) is 9.24. The Labute approximate surface area is 201 Å². The maximum atomic E-state index is 13.1. The molecular weight excluding hydrogens is 496 g/mol. The predicted octanol–water partition coefficient (Wildman–Crippen LogP) is 2.11. The first-order valence-corrected chi connectivity index (χ1v) is 11.0. The third-order valence-electron chi connectivity index (χ3n) is 6.60. The van der Waals surface area contributed by atoms with Crippen LogP contribution in [0.15, 0.2) is 23.3 Å². The molecule has 2 saturated heterocycles. The van der Waals surface area contributed by atoms with E-state index in [9.17, 15) is 35.9 Å². The normalized spacial score (nSPS) is 18.3. The predicted molar refractivity (Wildman–Crippen MR) is 114 cm³/mol. The van der Waals surface area contributed by atoms with Crippen molar-refractivity contribution in [3.8, 4) is 0 Å². The van der Waals surface area contributed by atoms with Crippen molar-refractivity contribution in [3.63, 3.8) is 0 Å². The first-order valence-electron chi connectivity index (χ1n) is 11.0. The topological polar surface area (TPSA) is 98.3 Å². The van der Waals surface area contributed by atoms with Crippen LogP contribution in [0.25, 0.3) is 0 Å². The summed E-state index contributed by atoms with van der Waals surface area (Å²) in [5, 5.41) is 5.69. The van der Waals surface area contributed by atoms with Crippen molar-refractivity contribution in [3.05, 3.63) is 45.6 Å². The molecule has 0 radical (unpaired) electrons. The number of hydrogen-bond donors (Lipinski definition) is 1. The van der Waals surface area contributed by atoms with Gasteiger partial charge >= 0.3 is 12.4 Å². The van der Waals surface area contributed by atoms with E-state index in [2.05, 4.69) is 15.1 Å². The Morgan fingerprint density at radius 1 is 0.972 bits per heavy atom. The lowest BCUT2D eigenvalue weighted by atomic mass is 9.87. The highest BCUT2D eigenvalue weighted by Crippen LogP contribution is 2.36. The molecule has 15 heteroatoms. The van der Waals surface area contributed by atoms with E-state index in [0.29, 0.717) is 39.3 Å². The molecule has 0 spiro atoms. The summed E-state index contributed by atoms with van der Waals surface area (Å²) >= 11 is 0. The minimum absolute atomic E-state index is 0.0329. The van der Waals surface area contributed by atoms with Crippen LogP contribution in [0.1, 0.15) is 30.7 Å². The lowest BCUT2D eigenvalue weighted by Gasteiger charge is -2.49. The monoisotopic (exact) mass is 519 g/mol. The van der Waals surface area contributed by atoms with Gasteiger partial charge in [-0.1, -0.05) is 0 Å². The fraction of sp³-hybridized carbons (Fsp3) is 0.571. The standard InChI is InChI=1S/C21H23F6N7O2/c1-19(2,15-7-14(21(25,26)27)16(35)31-30-15)34-10-12(11-34)17(36)32-3-5-33(6-4-32)18-28-8-13(9-29-18)20(22,23)24/h7-9,12H,3-6,10-11H2,1-2H3,(H,31,35). The largest absolute Gasteiger partial charge is 0.421 e. The zero-order chi connectivity index (χ0) is 26.5. The number of likely N-dealkylation sites (tertiary alicyclic amines) is 1. The Kier molecular flexibility index (Phi) is 6.47. The van der Waals surface area contributed by atoms with E-state index in [1.165, 1.54) is 0 Å². The maximum absolute atomic E-state index is 13.1. The second-order valence-corrected chi connectivity index (χ2v) is 9.24. The summed E-state index contributed by atoms with van der Waals surface area (Å²) in [4.78, 5) is 37.2. The molecule has 2 fully saturated rings. The molecule has 9 nitrogen and oxygen atoms in total. The van der Waals surface area contributed by atoms with E-state index < -0.39 is 34.6 Å². The number of nitrogens with one attached hydrogen (secondary N) is 1. The van der Waals surface area contributed by atoms with Gasteiger partial charge in [0.15, 0.2) is 0 Å². The van der Waals surface area contributed by atoms with Crippen molar-refractivity contribution in [2.24, 2.45) is 5.92 Å². The van der Waals surface area contributed by atoms with Crippen LogP contribution >= 0.6 is 0 Å². The van der Waals surface area contributed by atoms with Crippen molar-refractivity contribution < 1.29 is 31.1 Å². The average molecular weight is 519 g/mol. The number of piperazine rings is 1. The van der Waals surface area contributed by atoms with Gasteiger partial charge in [0.2, 0.25) is 11.9 Å². The van der Waals surface area contributed by atoms with Crippen LogP contribution in [0, 0.1) is 5.92 Å². The van der Waals surface area contributed by atoms with Gasteiger partial charge < -0.3 is 9.80 Å². The third-order valence-corrected chi connectivity index (χ3v) is 6.60. The number of alkyl halides is 6. The van der Waals surface area contributed by atoms with E-state index in [-0.39, 0.29) is 23.5 Å². The van der Waals surface area contributed by atoms with Gasteiger partial charge in [-0.3, -0.25) is 14.5 Å². The quantitative estimate of drug-likeness (QED) is 0.618.